The summed E-state index contributed by atoms with van der Waals surface area (Å²) in [7, 11) is 0. The molecule has 1 aliphatic heterocycles. The molecule has 1 N–H and O–H groups in total. The van der Waals surface area contributed by atoms with Gasteiger partial charge in [0, 0.05) is 15.4 Å². The topological polar surface area (TPSA) is 24.4 Å². The molecule has 21 heavy (non-hydrogen) atoms. The molecule has 1 heterocycles. The third kappa shape index (κ3) is 4.64. The molecule has 1 atom stereocenters. The molecule has 7 heteroatoms. The van der Waals surface area contributed by atoms with Gasteiger partial charge in [-0.3, -0.25) is 4.99 Å². The minimum Gasteiger partial charge on any atom is -0.335 e. The standard InChI is InChI=1S/C14H16BrF3N2S/c1-8(2)5-10-7-19-13(21-10)20-9-3-4-12(15)11(6-9)14(16,17)18/h3-4,6,8,10H,5,7H2,1-2H3,(H,19,20). The minimum atomic E-state index is -4.37. The molecular weight excluding hydrogens is 365 g/mol. The molecule has 0 bridgehead atoms. The van der Waals surface area contributed by atoms with Gasteiger partial charge in [0.15, 0.2) is 5.17 Å². The van der Waals surface area contributed by atoms with E-state index in [4.69, 9.17) is 0 Å². The van der Waals surface area contributed by atoms with Crippen molar-refractivity contribution in [2.45, 2.75) is 31.7 Å². The van der Waals surface area contributed by atoms with Crippen LogP contribution in [-0.2, 0) is 6.18 Å². The van der Waals surface area contributed by atoms with Crippen molar-refractivity contribution in [3.63, 3.8) is 0 Å². The summed E-state index contributed by atoms with van der Waals surface area (Å²) in [6.45, 7) is 5.01. The van der Waals surface area contributed by atoms with E-state index in [0.29, 0.717) is 28.6 Å². The van der Waals surface area contributed by atoms with Gasteiger partial charge in [0.2, 0.25) is 0 Å². The number of halogens is 4. The highest BCUT2D eigenvalue weighted by molar-refractivity contribution is 9.10. The third-order valence-electron chi connectivity index (χ3n) is 2.97. The predicted molar refractivity (Wildman–Crippen MR) is 85.9 cm³/mol. The summed E-state index contributed by atoms with van der Waals surface area (Å²) < 4.78 is 38.6. The van der Waals surface area contributed by atoms with Gasteiger partial charge < -0.3 is 5.32 Å². The predicted octanol–water partition coefficient (Wildman–Crippen LogP) is 5.40. The Morgan fingerprint density at radius 1 is 1.43 bits per heavy atom. The van der Waals surface area contributed by atoms with E-state index >= 15 is 0 Å². The van der Waals surface area contributed by atoms with Gasteiger partial charge in [0.25, 0.3) is 0 Å². The summed E-state index contributed by atoms with van der Waals surface area (Å²) in [6.07, 6.45) is -3.32. The van der Waals surface area contributed by atoms with E-state index < -0.39 is 11.7 Å². The molecule has 0 aromatic heterocycles. The van der Waals surface area contributed by atoms with Crippen molar-refractivity contribution in [1.82, 2.24) is 0 Å². The number of rotatable bonds is 3. The van der Waals surface area contributed by atoms with Gasteiger partial charge in [0.05, 0.1) is 12.1 Å². The highest BCUT2D eigenvalue weighted by Gasteiger charge is 2.33. The van der Waals surface area contributed by atoms with E-state index in [2.05, 4.69) is 40.1 Å². The number of aliphatic imine (C=N–C) groups is 1. The van der Waals surface area contributed by atoms with E-state index in [0.717, 1.165) is 12.5 Å². The number of hydrogen-bond acceptors (Lipinski definition) is 3. The first kappa shape index (κ1) is 16.7. The number of hydrogen-bond donors (Lipinski definition) is 1. The van der Waals surface area contributed by atoms with Crippen LogP contribution in [0.25, 0.3) is 0 Å². The fraction of sp³-hybridized carbons (Fsp3) is 0.500. The second-order valence-corrected chi connectivity index (χ2v) is 7.48. The number of benzene rings is 1. The molecule has 2 rings (SSSR count). The van der Waals surface area contributed by atoms with Crippen molar-refractivity contribution < 1.29 is 13.2 Å². The SMILES string of the molecule is CC(C)CC1CN=C(Nc2ccc(Br)c(C(F)(F)F)c2)S1. The van der Waals surface area contributed by atoms with Crippen LogP contribution in [0, 0.1) is 5.92 Å². The third-order valence-corrected chi connectivity index (χ3v) is 4.79. The maximum absolute atomic E-state index is 12.9. The normalized spacial score (nSPS) is 19.0. The molecule has 0 amide bonds. The molecule has 0 spiro atoms. The van der Waals surface area contributed by atoms with E-state index in [1.807, 2.05) is 0 Å². The zero-order chi connectivity index (χ0) is 15.6. The second kappa shape index (κ2) is 6.60. The molecule has 0 fully saturated rings. The molecule has 0 saturated heterocycles. The van der Waals surface area contributed by atoms with Gasteiger partial charge in [-0.1, -0.05) is 41.5 Å². The number of alkyl halides is 3. The molecule has 1 aromatic rings. The Bertz CT molecular complexity index is 544. The van der Waals surface area contributed by atoms with Crippen LogP contribution in [0.15, 0.2) is 27.7 Å². The quantitative estimate of drug-likeness (QED) is 0.759. The van der Waals surface area contributed by atoms with Crippen molar-refractivity contribution in [2.75, 3.05) is 11.9 Å². The number of nitrogens with one attached hydrogen (secondary N) is 1. The number of amidine groups is 1. The smallest absolute Gasteiger partial charge is 0.335 e. The number of anilines is 1. The van der Waals surface area contributed by atoms with Crippen molar-refractivity contribution in [3.8, 4) is 0 Å². The van der Waals surface area contributed by atoms with E-state index in [-0.39, 0.29) is 4.47 Å². The maximum atomic E-state index is 12.9. The molecule has 1 aliphatic rings. The van der Waals surface area contributed by atoms with Gasteiger partial charge >= 0.3 is 6.18 Å². The fourth-order valence-electron chi connectivity index (χ4n) is 2.08. The summed E-state index contributed by atoms with van der Waals surface area (Å²) in [5, 5.41) is 4.07. The zero-order valence-corrected chi connectivity index (χ0v) is 14.1. The Balaban J connectivity index is 2.05. The highest BCUT2D eigenvalue weighted by Crippen LogP contribution is 2.37. The summed E-state index contributed by atoms with van der Waals surface area (Å²) in [5.41, 5.74) is -0.281. The number of thioether (sulfide) groups is 1. The van der Waals surface area contributed by atoms with Crippen LogP contribution >= 0.6 is 27.7 Å². The van der Waals surface area contributed by atoms with E-state index in [1.165, 1.54) is 6.07 Å². The first-order valence-electron chi connectivity index (χ1n) is 6.60. The van der Waals surface area contributed by atoms with Crippen LogP contribution < -0.4 is 5.32 Å². The summed E-state index contributed by atoms with van der Waals surface area (Å²) in [6, 6.07) is 4.11. The van der Waals surface area contributed by atoms with Crippen LogP contribution in [0.3, 0.4) is 0 Å². The molecule has 0 saturated carbocycles. The summed E-state index contributed by atoms with van der Waals surface area (Å²) >= 11 is 4.53. The first-order chi connectivity index (χ1) is 9.75. The lowest BCUT2D eigenvalue weighted by molar-refractivity contribution is -0.138. The Morgan fingerprint density at radius 2 is 2.14 bits per heavy atom. The van der Waals surface area contributed by atoms with Crippen molar-refractivity contribution in [3.05, 3.63) is 28.2 Å². The van der Waals surface area contributed by atoms with Crippen LogP contribution in [0.2, 0.25) is 0 Å². The molecule has 1 aromatic carbocycles. The summed E-state index contributed by atoms with van der Waals surface area (Å²) in [4.78, 5) is 4.36. The van der Waals surface area contributed by atoms with Crippen molar-refractivity contribution >= 4 is 38.5 Å². The second-order valence-electron chi connectivity index (χ2n) is 5.33. The lowest BCUT2D eigenvalue weighted by atomic mass is 10.1. The lowest BCUT2D eigenvalue weighted by Gasteiger charge is -2.13. The lowest BCUT2D eigenvalue weighted by Crippen LogP contribution is -2.11. The summed E-state index contributed by atoms with van der Waals surface area (Å²) in [5.74, 6) is 0.585. The van der Waals surface area contributed by atoms with Crippen molar-refractivity contribution in [1.29, 1.82) is 0 Å². The fourth-order valence-corrected chi connectivity index (χ4v) is 3.82. The monoisotopic (exact) mass is 380 g/mol. The molecule has 2 nitrogen and oxygen atoms in total. The Kier molecular flexibility index (Phi) is 5.24. The first-order valence-corrected chi connectivity index (χ1v) is 8.28. The van der Waals surface area contributed by atoms with Gasteiger partial charge in [0.1, 0.15) is 0 Å². The maximum Gasteiger partial charge on any atom is 0.417 e. The van der Waals surface area contributed by atoms with Gasteiger partial charge in [-0.2, -0.15) is 13.2 Å². The largest absolute Gasteiger partial charge is 0.417 e. The molecular formula is C14H16BrF3N2S. The average molecular weight is 381 g/mol. The highest BCUT2D eigenvalue weighted by atomic mass is 79.9. The average Bonchev–Trinajstić information content (AvgIpc) is 2.76. The molecule has 116 valence electrons. The molecule has 1 unspecified atom stereocenters. The Hall–Kier alpha value is -0.690. The molecule has 0 radical (unpaired) electrons. The zero-order valence-electron chi connectivity index (χ0n) is 11.7. The minimum absolute atomic E-state index is 0.0410. The van der Waals surface area contributed by atoms with E-state index in [9.17, 15) is 13.2 Å². The van der Waals surface area contributed by atoms with Gasteiger partial charge in [-0.15, -0.1) is 0 Å². The van der Waals surface area contributed by atoms with Crippen molar-refractivity contribution in [2.24, 2.45) is 10.9 Å². The Labute approximate surface area is 134 Å². The van der Waals surface area contributed by atoms with Crippen LogP contribution in [0.5, 0.6) is 0 Å². The van der Waals surface area contributed by atoms with Crippen LogP contribution in [0.4, 0.5) is 18.9 Å². The van der Waals surface area contributed by atoms with Gasteiger partial charge in [-0.05, 0) is 30.5 Å². The Morgan fingerprint density at radius 3 is 2.76 bits per heavy atom. The van der Waals surface area contributed by atoms with E-state index in [1.54, 1.807) is 17.8 Å². The number of nitrogens with zero attached hydrogens (tertiary/aromatic N) is 1. The molecule has 0 aliphatic carbocycles. The van der Waals surface area contributed by atoms with Gasteiger partial charge in [-0.25, -0.2) is 0 Å². The van der Waals surface area contributed by atoms with Crippen LogP contribution in [-0.4, -0.2) is 17.0 Å². The van der Waals surface area contributed by atoms with Crippen LogP contribution in [0.1, 0.15) is 25.8 Å².